The predicted octanol–water partition coefficient (Wildman–Crippen LogP) is 4.59. The third-order valence-corrected chi connectivity index (χ3v) is 5.15. The number of hydrazine groups is 1. The summed E-state index contributed by atoms with van der Waals surface area (Å²) >= 11 is 11.5. The van der Waals surface area contributed by atoms with Crippen LogP contribution in [0.15, 0.2) is 40.9 Å². The van der Waals surface area contributed by atoms with E-state index in [0.29, 0.717) is 15.9 Å². The Morgan fingerprint density at radius 1 is 1.30 bits per heavy atom. The molecule has 1 atom stereocenters. The van der Waals surface area contributed by atoms with Crippen molar-refractivity contribution in [3.05, 3.63) is 66.4 Å². The standard InChI is InChI=1S/C14H12BrClFIN2/c15-10-5-8(1-3-12(10)17)6-14(20-19)9-2-4-13(18)11(16)7-9/h1-5,7,14,20H,6,19H2. The van der Waals surface area contributed by atoms with Crippen molar-refractivity contribution < 1.29 is 4.39 Å². The highest BCUT2D eigenvalue weighted by molar-refractivity contribution is 14.1. The first-order valence-electron chi connectivity index (χ1n) is 5.86. The van der Waals surface area contributed by atoms with Crippen molar-refractivity contribution in [1.82, 2.24) is 5.43 Å². The van der Waals surface area contributed by atoms with Crippen LogP contribution in [0.3, 0.4) is 0 Å². The third kappa shape index (κ3) is 3.92. The number of nitrogens with one attached hydrogen (secondary N) is 1. The molecule has 0 saturated heterocycles. The van der Waals surface area contributed by atoms with Gasteiger partial charge in [0.15, 0.2) is 0 Å². The molecule has 0 heterocycles. The van der Waals surface area contributed by atoms with Gasteiger partial charge in [-0.3, -0.25) is 11.3 Å². The van der Waals surface area contributed by atoms with E-state index in [0.717, 1.165) is 14.7 Å². The van der Waals surface area contributed by atoms with E-state index < -0.39 is 0 Å². The predicted molar refractivity (Wildman–Crippen MR) is 92.0 cm³/mol. The average molecular weight is 470 g/mol. The van der Waals surface area contributed by atoms with Crippen LogP contribution in [0.2, 0.25) is 5.02 Å². The molecule has 20 heavy (non-hydrogen) atoms. The monoisotopic (exact) mass is 468 g/mol. The summed E-state index contributed by atoms with van der Waals surface area (Å²) in [6, 6.07) is 10.7. The topological polar surface area (TPSA) is 38.0 Å². The summed E-state index contributed by atoms with van der Waals surface area (Å²) in [7, 11) is 0. The molecule has 0 aromatic heterocycles. The van der Waals surface area contributed by atoms with Crippen LogP contribution < -0.4 is 11.3 Å². The summed E-state index contributed by atoms with van der Waals surface area (Å²) in [5, 5.41) is 0.698. The highest BCUT2D eigenvalue weighted by atomic mass is 127. The van der Waals surface area contributed by atoms with Crippen LogP contribution in [0.4, 0.5) is 4.39 Å². The fraction of sp³-hybridized carbons (Fsp3) is 0.143. The minimum atomic E-state index is -0.275. The zero-order valence-electron chi connectivity index (χ0n) is 10.3. The Morgan fingerprint density at radius 2 is 2.05 bits per heavy atom. The van der Waals surface area contributed by atoms with Gasteiger partial charge in [-0.25, -0.2) is 4.39 Å². The van der Waals surface area contributed by atoms with Gasteiger partial charge in [0, 0.05) is 3.57 Å². The number of benzene rings is 2. The summed E-state index contributed by atoms with van der Waals surface area (Å²) in [6.45, 7) is 0. The normalized spacial score (nSPS) is 12.4. The lowest BCUT2D eigenvalue weighted by atomic mass is 9.99. The number of halogens is 4. The number of rotatable bonds is 4. The molecule has 0 aliphatic carbocycles. The molecule has 0 radical (unpaired) electrons. The second-order valence-corrected chi connectivity index (χ2v) is 6.77. The first-order valence-corrected chi connectivity index (χ1v) is 8.11. The molecule has 1 unspecified atom stereocenters. The van der Waals surface area contributed by atoms with Gasteiger partial charge < -0.3 is 0 Å². The Kier molecular flexibility index (Phi) is 5.80. The highest BCUT2D eigenvalue weighted by Crippen LogP contribution is 2.26. The first-order chi connectivity index (χ1) is 9.51. The van der Waals surface area contributed by atoms with Gasteiger partial charge in [0.25, 0.3) is 0 Å². The van der Waals surface area contributed by atoms with Gasteiger partial charge in [0.1, 0.15) is 5.82 Å². The second-order valence-electron chi connectivity index (χ2n) is 4.35. The van der Waals surface area contributed by atoms with Crippen molar-refractivity contribution in [1.29, 1.82) is 0 Å². The SMILES string of the molecule is NNC(Cc1ccc(F)c(Br)c1)c1ccc(I)c(Cl)c1. The van der Waals surface area contributed by atoms with Crippen LogP contribution in [0.5, 0.6) is 0 Å². The molecule has 2 nitrogen and oxygen atoms in total. The van der Waals surface area contributed by atoms with E-state index in [-0.39, 0.29) is 11.9 Å². The fourth-order valence-corrected chi connectivity index (χ4v) is 2.86. The largest absolute Gasteiger partial charge is 0.271 e. The molecule has 0 aliphatic heterocycles. The van der Waals surface area contributed by atoms with Crippen molar-refractivity contribution in [2.24, 2.45) is 5.84 Å². The summed E-state index contributed by atoms with van der Waals surface area (Å²) in [5.41, 5.74) is 4.76. The van der Waals surface area contributed by atoms with Crippen LogP contribution in [-0.2, 0) is 6.42 Å². The van der Waals surface area contributed by atoms with Gasteiger partial charge in [-0.1, -0.05) is 23.7 Å². The molecule has 0 spiro atoms. The Balaban J connectivity index is 2.23. The molecule has 0 aliphatic rings. The Hall–Kier alpha value is -0.210. The lowest BCUT2D eigenvalue weighted by Crippen LogP contribution is -2.29. The minimum Gasteiger partial charge on any atom is -0.271 e. The minimum absolute atomic E-state index is 0.0816. The molecular formula is C14H12BrClFIN2. The van der Waals surface area contributed by atoms with Crippen LogP contribution in [0.25, 0.3) is 0 Å². The third-order valence-electron chi connectivity index (χ3n) is 2.97. The zero-order chi connectivity index (χ0) is 14.7. The van der Waals surface area contributed by atoms with Crippen molar-refractivity contribution in [2.75, 3.05) is 0 Å². The Bertz CT molecular complexity index is 624. The molecule has 0 amide bonds. The van der Waals surface area contributed by atoms with E-state index in [1.165, 1.54) is 6.07 Å². The first kappa shape index (κ1) is 16.2. The summed E-state index contributed by atoms with van der Waals surface area (Å²) in [6.07, 6.45) is 0.645. The lowest BCUT2D eigenvalue weighted by Gasteiger charge is -2.17. The summed E-state index contributed by atoms with van der Waals surface area (Å²) in [4.78, 5) is 0. The van der Waals surface area contributed by atoms with Gasteiger partial charge in [-0.05, 0) is 80.3 Å². The average Bonchev–Trinajstić information content (AvgIpc) is 2.43. The van der Waals surface area contributed by atoms with Gasteiger partial charge in [0.05, 0.1) is 15.5 Å². The van der Waals surface area contributed by atoms with Crippen molar-refractivity contribution >= 4 is 50.1 Å². The van der Waals surface area contributed by atoms with E-state index in [9.17, 15) is 4.39 Å². The quantitative estimate of drug-likeness (QED) is 0.391. The molecule has 0 bridgehead atoms. The summed E-state index contributed by atoms with van der Waals surface area (Å²) in [5.74, 6) is 5.35. The highest BCUT2D eigenvalue weighted by Gasteiger charge is 2.13. The molecule has 6 heteroatoms. The number of hydrogen-bond acceptors (Lipinski definition) is 2. The van der Waals surface area contributed by atoms with Crippen LogP contribution in [-0.4, -0.2) is 0 Å². The molecule has 0 saturated carbocycles. The van der Waals surface area contributed by atoms with E-state index >= 15 is 0 Å². The molecule has 2 rings (SSSR count). The molecule has 0 fully saturated rings. The van der Waals surface area contributed by atoms with E-state index in [4.69, 9.17) is 17.4 Å². The van der Waals surface area contributed by atoms with Crippen LogP contribution in [0, 0.1) is 9.39 Å². The maximum Gasteiger partial charge on any atom is 0.137 e. The number of hydrogen-bond donors (Lipinski definition) is 2. The number of nitrogens with two attached hydrogens (primary N) is 1. The molecule has 2 aromatic carbocycles. The fourth-order valence-electron chi connectivity index (χ4n) is 1.90. The maximum absolute atomic E-state index is 13.2. The van der Waals surface area contributed by atoms with Crippen LogP contribution >= 0.6 is 50.1 Å². The van der Waals surface area contributed by atoms with E-state index in [2.05, 4.69) is 43.9 Å². The van der Waals surface area contributed by atoms with Crippen molar-refractivity contribution in [3.8, 4) is 0 Å². The molecular weight excluding hydrogens is 457 g/mol. The maximum atomic E-state index is 13.2. The second kappa shape index (κ2) is 7.17. The van der Waals surface area contributed by atoms with Gasteiger partial charge >= 0.3 is 0 Å². The molecule has 106 valence electrons. The van der Waals surface area contributed by atoms with Crippen molar-refractivity contribution in [3.63, 3.8) is 0 Å². The molecule has 3 N–H and O–H groups in total. The Morgan fingerprint density at radius 3 is 2.65 bits per heavy atom. The Labute approximate surface area is 144 Å². The van der Waals surface area contributed by atoms with Gasteiger partial charge in [-0.15, -0.1) is 0 Å². The molecule has 2 aromatic rings. The van der Waals surface area contributed by atoms with E-state index in [1.54, 1.807) is 12.1 Å². The zero-order valence-corrected chi connectivity index (χ0v) is 14.8. The van der Waals surface area contributed by atoms with E-state index in [1.807, 2.05) is 18.2 Å². The summed E-state index contributed by atoms with van der Waals surface area (Å²) < 4.78 is 14.7. The van der Waals surface area contributed by atoms with Crippen LogP contribution in [0.1, 0.15) is 17.2 Å². The van der Waals surface area contributed by atoms with Crippen molar-refractivity contribution in [2.45, 2.75) is 12.5 Å². The smallest absolute Gasteiger partial charge is 0.137 e. The van der Waals surface area contributed by atoms with Gasteiger partial charge in [0.2, 0.25) is 0 Å². The van der Waals surface area contributed by atoms with Gasteiger partial charge in [-0.2, -0.15) is 0 Å². The lowest BCUT2D eigenvalue weighted by molar-refractivity contribution is 0.550.